The van der Waals surface area contributed by atoms with E-state index in [-0.39, 0.29) is 16.9 Å². The molecule has 0 radical (unpaired) electrons. The molecule has 170 valence electrons. The van der Waals surface area contributed by atoms with Crippen LogP contribution < -0.4 is 15.9 Å². The van der Waals surface area contributed by atoms with Crippen molar-refractivity contribution in [3.8, 4) is 18.1 Å². The lowest BCUT2D eigenvalue weighted by Gasteiger charge is -2.30. The molecular weight excluding hydrogens is 455 g/mol. The van der Waals surface area contributed by atoms with Gasteiger partial charge in [-0.05, 0) is 12.0 Å². The van der Waals surface area contributed by atoms with Crippen LogP contribution in [-0.4, -0.2) is 44.4 Å². The van der Waals surface area contributed by atoms with E-state index < -0.39 is 55.5 Å². The van der Waals surface area contributed by atoms with Crippen LogP contribution >= 0.6 is 7.82 Å². The maximum atomic E-state index is 15.5. The molecule has 1 unspecified atom stereocenters. The number of para-hydroxylation sites is 1. The molecule has 0 saturated carbocycles. The number of ether oxygens (including phenoxy) is 1. The lowest BCUT2D eigenvalue weighted by molar-refractivity contribution is -0.225. The van der Waals surface area contributed by atoms with Crippen molar-refractivity contribution in [1.29, 1.82) is 0 Å². The second-order valence-corrected chi connectivity index (χ2v) is 8.53. The Kier molecular flexibility index (Phi) is 5.33. The van der Waals surface area contributed by atoms with Crippen molar-refractivity contribution >= 4 is 13.6 Å². The molecule has 4 N–H and O–H groups in total. The summed E-state index contributed by atoms with van der Waals surface area (Å²) < 4.78 is 62.6. The number of aliphatic hydroxyl groups excluding tert-OH is 2. The Hall–Kier alpha value is -2.85. The topological polar surface area (TPSA) is 155 Å². The summed E-state index contributed by atoms with van der Waals surface area (Å²) in [5.74, 6) is -3.30. The Balaban J connectivity index is 1.61. The van der Waals surface area contributed by atoms with Gasteiger partial charge in [0.2, 0.25) is 5.72 Å². The molecular formula is C18H16F2N3O8P. The van der Waals surface area contributed by atoms with Crippen LogP contribution in [0.1, 0.15) is 5.56 Å². The number of halogens is 2. The van der Waals surface area contributed by atoms with Crippen LogP contribution in [0.25, 0.3) is 0 Å². The number of nitrogen functional groups attached to an aromatic ring is 1. The number of rotatable bonds is 4. The Bertz CT molecular complexity index is 1220. The molecule has 0 spiro atoms. The summed E-state index contributed by atoms with van der Waals surface area (Å²) in [4.78, 5) is 15.4. The lowest BCUT2D eigenvalue weighted by Crippen LogP contribution is -2.50. The van der Waals surface area contributed by atoms with Crippen LogP contribution in [0.3, 0.4) is 0 Å². The van der Waals surface area contributed by atoms with Gasteiger partial charge in [0.1, 0.15) is 24.6 Å². The van der Waals surface area contributed by atoms with Gasteiger partial charge in [0.15, 0.2) is 11.6 Å². The molecule has 14 heteroatoms. The van der Waals surface area contributed by atoms with Crippen LogP contribution in [0.4, 0.5) is 14.6 Å². The average Bonchev–Trinajstić information content (AvgIpc) is 2.97. The van der Waals surface area contributed by atoms with Crippen LogP contribution in [-0.2, 0) is 30.7 Å². The lowest BCUT2D eigenvalue weighted by atomic mass is 10.0. The number of aromatic nitrogens is 2. The molecule has 4 rings (SSSR count). The monoisotopic (exact) mass is 471 g/mol. The number of phosphoric acid groups is 1. The molecule has 0 amide bonds. The van der Waals surface area contributed by atoms with E-state index in [4.69, 9.17) is 30.5 Å². The number of phosphoric ester groups is 1. The van der Waals surface area contributed by atoms with Crippen molar-refractivity contribution in [2.75, 3.05) is 12.3 Å². The minimum atomic E-state index is -4.35. The summed E-state index contributed by atoms with van der Waals surface area (Å²) in [6, 6.07) is 6.43. The van der Waals surface area contributed by atoms with Crippen molar-refractivity contribution in [3.63, 3.8) is 0 Å². The first-order chi connectivity index (χ1) is 15.0. The molecule has 32 heavy (non-hydrogen) atoms. The first-order valence-corrected chi connectivity index (χ1v) is 10.4. The standard InChI is InChI=1S/C18H16F2N3O8P/c1-2-18(23-7-11(19)15(21)22-16(23)26)14(25)13(24)17(20,31-18)9-29-32(27)28-8-10-5-3-4-6-12(10)30-32/h1,3-7,13-14,24-25H,8-9H2,(H2,21,22,26)/t13-,14+,17+,18+,32?/m0/s1. The molecule has 2 aliphatic heterocycles. The van der Waals surface area contributed by atoms with Crippen molar-refractivity contribution in [2.24, 2.45) is 0 Å². The smallest absolute Gasteiger partial charge is 0.404 e. The number of aliphatic hydroxyl groups is 2. The van der Waals surface area contributed by atoms with Gasteiger partial charge in [-0.25, -0.2) is 18.1 Å². The summed E-state index contributed by atoms with van der Waals surface area (Å²) in [5, 5.41) is 20.7. The Labute approximate surface area is 178 Å². The van der Waals surface area contributed by atoms with Gasteiger partial charge in [0.25, 0.3) is 5.85 Å². The zero-order chi connectivity index (χ0) is 23.3. The molecule has 0 aliphatic carbocycles. The molecule has 0 bridgehead atoms. The number of nitrogens with two attached hydrogens (primary N) is 1. The van der Waals surface area contributed by atoms with E-state index in [9.17, 15) is 24.0 Å². The first kappa shape index (κ1) is 22.3. The third-order valence-corrected chi connectivity index (χ3v) is 6.23. The fourth-order valence-corrected chi connectivity index (χ4v) is 4.47. The van der Waals surface area contributed by atoms with Crippen molar-refractivity contribution in [2.45, 2.75) is 30.4 Å². The van der Waals surface area contributed by atoms with Crippen LogP contribution in [0.2, 0.25) is 0 Å². The zero-order valence-corrected chi connectivity index (χ0v) is 16.9. The van der Waals surface area contributed by atoms with Gasteiger partial charge >= 0.3 is 13.5 Å². The molecule has 2 aliphatic rings. The predicted molar refractivity (Wildman–Crippen MR) is 102 cm³/mol. The zero-order valence-electron chi connectivity index (χ0n) is 16.1. The van der Waals surface area contributed by atoms with Crippen molar-refractivity contribution in [3.05, 3.63) is 52.3 Å². The average molecular weight is 471 g/mol. The van der Waals surface area contributed by atoms with Gasteiger partial charge in [-0.15, -0.1) is 6.42 Å². The van der Waals surface area contributed by atoms with Gasteiger partial charge in [0.05, 0.1) is 12.8 Å². The molecule has 3 heterocycles. The number of fused-ring (bicyclic) bond motifs is 1. The summed E-state index contributed by atoms with van der Waals surface area (Å²) in [7, 11) is -4.35. The van der Waals surface area contributed by atoms with E-state index >= 15 is 4.39 Å². The fourth-order valence-electron chi connectivity index (χ4n) is 3.24. The van der Waals surface area contributed by atoms with Crippen LogP contribution in [0.15, 0.2) is 35.3 Å². The maximum Gasteiger partial charge on any atom is 0.530 e. The largest absolute Gasteiger partial charge is 0.530 e. The molecule has 1 fully saturated rings. The normalized spacial score (nSPS) is 33.8. The number of anilines is 1. The minimum absolute atomic E-state index is 0.168. The maximum absolute atomic E-state index is 15.5. The number of nitrogens with zero attached hydrogens (tertiary/aromatic N) is 2. The Morgan fingerprint density at radius 2 is 2.12 bits per heavy atom. The third-order valence-electron chi connectivity index (χ3n) is 4.92. The molecule has 11 nitrogen and oxygen atoms in total. The summed E-state index contributed by atoms with van der Waals surface area (Å²) in [6.07, 6.45) is 1.08. The highest BCUT2D eigenvalue weighted by atomic mass is 31.2. The van der Waals surface area contributed by atoms with Gasteiger partial charge in [-0.1, -0.05) is 18.2 Å². The highest BCUT2D eigenvalue weighted by Crippen LogP contribution is 2.56. The fraction of sp³-hybridized carbons (Fsp3) is 0.333. The summed E-state index contributed by atoms with van der Waals surface area (Å²) in [5.41, 5.74) is 1.75. The SMILES string of the molecule is C#C[C@@]1(n2cc(F)c(N)nc2=O)O[C@](F)(COP2(=O)OCc3ccccc3O2)[C@@H](O)[C@H]1O. The van der Waals surface area contributed by atoms with Crippen molar-refractivity contribution in [1.82, 2.24) is 9.55 Å². The predicted octanol–water partition coefficient (Wildman–Crippen LogP) is 0.402. The van der Waals surface area contributed by atoms with E-state index in [1.807, 2.05) is 5.92 Å². The van der Waals surface area contributed by atoms with Gasteiger partial charge in [-0.2, -0.15) is 4.98 Å². The van der Waals surface area contributed by atoms with Crippen LogP contribution in [0, 0.1) is 18.2 Å². The third kappa shape index (κ3) is 3.47. The number of benzene rings is 1. The quantitative estimate of drug-likeness (QED) is 0.422. The van der Waals surface area contributed by atoms with Crippen molar-refractivity contribution < 1.29 is 41.9 Å². The van der Waals surface area contributed by atoms with E-state index in [1.165, 1.54) is 6.07 Å². The Morgan fingerprint density at radius 1 is 1.41 bits per heavy atom. The minimum Gasteiger partial charge on any atom is -0.404 e. The molecule has 1 saturated heterocycles. The second kappa shape index (κ2) is 7.63. The molecule has 1 aromatic carbocycles. The molecule has 5 atom stereocenters. The second-order valence-electron chi connectivity index (χ2n) is 6.94. The van der Waals surface area contributed by atoms with E-state index in [0.717, 1.165) is 0 Å². The number of terminal acetylenes is 1. The van der Waals surface area contributed by atoms with E-state index in [0.29, 0.717) is 11.8 Å². The van der Waals surface area contributed by atoms with E-state index in [2.05, 4.69) is 4.98 Å². The highest BCUT2D eigenvalue weighted by molar-refractivity contribution is 7.49. The van der Waals surface area contributed by atoms with Gasteiger partial charge in [0, 0.05) is 5.56 Å². The number of hydrogen-bond donors (Lipinski definition) is 3. The number of alkyl halides is 1. The molecule has 1 aromatic heterocycles. The first-order valence-electron chi connectivity index (χ1n) is 8.98. The van der Waals surface area contributed by atoms with Gasteiger partial charge < -0.3 is 25.2 Å². The Morgan fingerprint density at radius 3 is 2.84 bits per heavy atom. The highest BCUT2D eigenvalue weighted by Gasteiger charge is 2.65. The summed E-state index contributed by atoms with van der Waals surface area (Å²) in [6.45, 7) is -1.47. The molecule has 2 aromatic rings. The van der Waals surface area contributed by atoms with Gasteiger partial charge in [-0.3, -0.25) is 13.6 Å². The number of hydrogen-bond acceptors (Lipinski definition) is 10. The summed E-state index contributed by atoms with van der Waals surface area (Å²) >= 11 is 0. The van der Waals surface area contributed by atoms with E-state index in [1.54, 1.807) is 18.2 Å². The van der Waals surface area contributed by atoms with Crippen LogP contribution in [0.5, 0.6) is 5.75 Å².